The van der Waals surface area contributed by atoms with Crippen molar-refractivity contribution in [1.82, 2.24) is 0 Å². The van der Waals surface area contributed by atoms with Gasteiger partial charge in [0.1, 0.15) is 6.10 Å². The molecule has 1 aromatic carbocycles. The molecule has 0 amide bonds. The topological polar surface area (TPSA) is 90.6 Å². The molecular formula is C14H17NO4. The van der Waals surface area contributed by atoms with Gasteiger partial charge in [0, 0.05) is 0 Å². The minimum atomic E-state index is -1.23. The lowest BCUT2D eigenvalue weighted by atomic mass is 9.98. The van der Waals surface area contributed by atoms with Gasteiger partial charge in [-0.3, -0.25) is 4.79 Å². The summed E-state index contributed by atoms with van der Waals surface area (Å²) in [6, 6.07) is 6.78. The number of esters is 1. The summed E-state index contributed by atoms with van der Waals surface area (Å²) >= 11 is 0. The highest BCUT2D eigenvalue weighted by atomic mass is 16.5. The molecule has 102 valence electrons. The van der Waals surface area contributed by atoms with Crippen molar-refractivity contribution < 1.29 is 19.7 Å². The summed E-state index contributed by atoms with van der Waals surface area (Å²) in [5.41, 5.74) is 1.69. The Hall–Kier alpha value is -1.90. The van der Waals surface area contributed by atoms with E-state index in [2.05, 4.69) is 0 Å². The molecular weight excluding hydrogens is 246 g/mol. The molecule has 1 rings (SSSR count). The number of nitriles is 1. The Morgan fingerprint density at radius 1 is 1.47 bits per heavy atom. The summed E-state index contributed by atoms with van der Waals surface area (Å²) in [6.45, 7) is 3.65. The van der Waals surface area contributed by atoms with Gasteiger partial charge in [0.05, 0.1) is 30.8 Å². The first-order valence-electron chi connectivity index (χ1n) is 6.02. The number of aliphatic hydroxyl groups is 2. The molecule has 0 radical (unpaired) electrons. The Kier molecular flexibility index (Phi) is 5.49. The van der Waals surface area contributed by atoms with Gasteiger partial charge in [-0.2, -0.15) is 5.26 Å². The predicted molar refractivity (Wildman–Crippen MR) is 68.1 cm³/mol. The van der Waals surface area contributed by atoms with E-state index in [-0.39, 0.29) is 13.0 Å². The summed E-state index contributed by atoms with van der Waals surface area (Å²) < 4.78 is 4.71. The maximum atomic E-state index is 11.2. The molecule has 0 bridgehead atoms. The van der Waals surface area contributed by atoms with E-state index < -0.39 is 18.2 Å². The van der Waals surface area contributed by atoms with Crippen LogP contribution in [0.3, 0.4) is 0 Å². The van der Waals surface area contributed by atoms with E-state index in [1.165, 1.54) is 0 Å². The second kappa shape index (κ2) is 6.88. The molecule has 0 aliphatic carbocycles. The Bertz CT molecular complexity index is 493. The molecule has 0 saturated carbocycles. The van der Waals surface area contributed by atoms with Gasteiger partial charge in [-0.25, -0.2) is 0 Å². The molecule has 0 saturated heterocycles. The van der Waals surface area contributed by atoms with Crippen LogP contribution in [0.15, 0.2) is 18.2 Å². The third kappa shape index (κ3) is 4.05. The fourth-order valence-electron chi connectivity index (χ4n) is 1.72. The minimum absolute atomic E-state index is 0.234. The van der Waals surface area contributed by atoms with Crippen LogP contribution in [0.1, 0.15) is 36.1 Å². The van der Waals surface area contributed by atoms with Gasteiger partial charge >= 0.3 is 5.97 Å². The number of nitrogens with zero attached hydrogens (tertiary/aromatic N) is 1. The average molecular weight is 263 g/mol. The van der Waals surface area contributed by atoms with Gasteiger partial charge in [0.25, 0.3) is 0 Å². The van der Waals surface area contributed by atoms with Gasteiger partial charge in [-0.15, -0.1) is 0 Å². The Morgan fingerprint density at radius 3 is 2.68 bits per heavy atom. The molecule has 0 aromatic heterocycles. The molecule has 5 nitrogen and oxygen atoms in total. The molecule has 0 spiro atoms. The average Bonchev–Trinajstić information content (AvgIpc) is 2.37. The molecule has 1 aromatic rings. The fourth-order valence-corrected chi connectivity index (χ4v) is 1.72. The number of rotatable bonds is 5. The zero-order valence-corrected chi connectivity index (χ0v) is 11.0. The van der Waals surface area contributed by atoms with Crippen molar-refractivity contribution in [3.8, 4) is 6.07 Å². The highest BCUT2D eigenvalue weighted by Crippen LogP contribution is 2.21. The second-order valence-corrected chi connectivity index (χ2v) is 4.21. The summed E-state index contributed by atoms with van der Waals surface area (Å²) in [4.78, 5) is 11.2. The quantitative estimate of drug-likeness (QED) is 0.779. The normalized spacial score (nSPS) is 13.4. The number of carbonyl (C=O) groups excluding carboxylic acids is 1. The lowest BCUT2D eigenvalue weighted by Gasteiger charge is -2.18. The summed E-state index contributed by atoms with van der Waals surface area (Å²) in [5.74, 6) is -0.556. The van der Waals surface area contributed by atoms with Crippen LogP contribution in [0, 0.1) is 18.3 Å². The molecule has 2 unspecified atom stereocenters. The van der Waals surface area contributed by atoms with Gasteiger partial charge in [-0.1, -0.05) is 12.1 Å². The smallest absolute Gasteiger partial charge is 0.308 e. The molecule has 2 N–H and O–H groups in total. The highest BCUT2D eigenvalue weighted by molar-refractivity contribution is 5.70. The first-order valence-corrected chi connectivity index (χ1v) is 6.02. The first-order chi connectivity index (χ1) is 8.99. The number of hydrogen-bond donors (Lipinski definition) is 2. The largest absolute Gasteiger partial charge is 0.466 e. The van der Waals surface area contributed by atoms with E-state index in [1.54, 1.807) is 32.0 Å². The number of carbonyl (C=O) groups is 1. The fraction of sp³-hybridized carbons (Fsp3) is 0.429. The summed E-state index contributed by atoms with van der Waals surface area (Å²) in [5, 5.41) is 28.5. The lowest BCUT2D eigenvalue weighted by Crippen LogP contribution is -2.23. The number of aliphatic hydroxyl groups excluding tert-OH is 2. The van der Waals surface area contributed by atoms with Gasteiger partial charge in [0.15, 0.2) is 0 Å². The predicted octanol–water partition coefficient (Wildman–Crippen LogP) is 1.21. The summed E-state index contributed by atoms with van der Waals surface area (Å²) in [7, 11) is 0. The van der Waals surface area contributed by atoms with Crippen LogP contribution in [0.2, 0.25) is 0 Å². The third-order valence-electron chi connectivity index (χ3n) is 2.76. The van der Waals surface area contributed by atoms with Gasteiger partial charge in [-0.05, 0) is 31.0 Å². The van der Waals surface area contributed by atoms with Crippen molar-refractivity contribution in [2.75, 3.05) is 6.61 Å². The highest BCUT2D eigenvalue weighted by Gasteiger charge is 2.22. The third-order valence-corrected chi connectivity index (χ3v) is 2.76. The van der Waals surface area contributed by atoms with Crippen molar-refractivity contribution in [1.29, 1.82) is 5.26 Å². The molecule has 0 fully saturated rings. The van der Waals surface area contributed by atoms with E-state index >= 15 is 0 Å². The number of aryl methyl sites for hydroxylation is 1. The van der Waals surface area contributed by atoms with Crippen molar-refractivity contribution in [3.63, 3.8) is 0 Å². The molecule has 2 atom stereocenters. The maximum Gasteiger partial charge on any atom is 0.308 e. The minimum Gasteiger partial charge on any atom is -0.466 e. The molecule has 19 heavy (non-hydrogen) atoms. The van der Waals surface area contributed by atoms with Crippen molar-refractivity contribution >= 4 is 5.97 Å². The number of ether oxygens (including phenoxy) is 1. The Balaban J connectivity index is 2.77. The van der Waals surface area contributed by atoms with Crippen molar-refractivity contribution in [2.45, 2.75) is 32.5 Å². The van der Waals surface area contributed by atoms with E-state index in [9.17, 15) is 15.0 Å². The van der Waals surface area contributed by atoms with Gasteiger partial charge < -0.3 is 14.9 Å². The van der Waals surface area contributed by atoms with Crippen LogP contribution in [-0.4, -0.2) is 28.9 Å². The van der Waals surface area contributed by atoms with E-state index in [4.69, 9.17) is 10.00 Å². The van der Waals surface area contributed by atoms with Crippen molar-refractivity contribution in [2.24, 2.45) is 0 Å². The van der Waals surface area contributed by atoms with Crippen LogP contribution >= 0.6 is 0 Å². The van der Waals surface area contributed by atoms with Crippen LogP contribution < -0.4 is 0 Å². The first kappa shape index (κ1) is 15.2. The lowest BCUT2D eigenvalue weighted by molar-refractivity contribution is -0.147. The Morgan fingerprint density at radius 2 is 2.16 bits per heavy atom. The van der Waals surface area contributed by atoms with E-state index in [0.717, 1.165) is 0 Å². The van der Waals surface area contributed by atoms with Crippen LogP contribution in [0.5, 0.6) is 0 Å². The monoisotopic (exact) mass is 263 g/mol. The second-order valence-electron chi connectivity index (χ2n) is 4.21. The SMILES string of the molecule is CCOC(=O)CC(O)C(O)c1ccc(C#N)c(C)c1. The number of hydrogen-bond acceptors (Lipinski definition) is 5. The molecule has 0 heterocycles. The van der Waals surface area contributed by atoms with Gasteiger partial charge in [0.2, 0.25) is 0 Å². The standard InChI is InChI=1S/C14H17NO4/c1-3-19-13(17)7-12(16)14(18)10-4-5-11(8-15)9(2)6-10/h4-6,12,14,16,18H,3,7H2,1-2H3. The maximum absolute atomic E-state index is 11.2. The Labute approximate surface area is 112 Å². The molecule has 5 heteroatoms. The van der Waals surface area contributed by atoms with Crippen molar-refractivity contribution in [3.05, 3.63) is 34.9 Å². The van der Waals surface area contributed by atoms with Crippen LogP contribution in [0.4, 0.5) is 0 Å². The van der Waals surface area contributed by atoms with Crippen LogP contribution in [-0.2, 0) is 9.53 Å². The zero-order valence-electron chi connectivity index (χ0n) is 11.0. The summed E-state index contributed by atoms with van der Waals surface area (Å²) in [6.07, 6.45) is -2.68. The molecule has 0 aliphatic heterocycles. The zero-order chi connectivity index (χ0) is 14.4. The van der Waals surface area contributed by atoms with E-state index in [0.29, 0.717) is 16.7 Å². The molecule has 0 aliphatic rings. The number of benzene rings is 1. The van der Waals surface area contributed by atoms with E-state index in [1.807, 2.05) is 6.07 Å². The van der Waals surface area contributed by atoms with Crippen LogP contribution in [0.25, 0.3) is 0 Å².